The van der Waals surface area contributed by atoms with Crippen molar-refractivity contribution in [2.75, 3.05) is 7.11 Å². The van der Waals surface area contributed by atoms with Crippen molar-refractivity contribution in [1.82, 2.24) is 0 Å². The zero-order chi connectivity index (χ0) is 8.27. The van der Waals surface area contributed by atoms with E-state index in [9.17, 15) is 0 Å². The van der Waals surface area contributed by atoms with Gasteiger partial charge in [-0.05, 0) is 24.6 Å². The summed E-state index contributed by atoms with van der Waals surface area (Å²) in [6, 6.07) is 7.49. The van der Waals surface area contributed by atoms with Gasteiger partial charge in [-0.25, -0.2) is 0 Å². The van der Waals surface area contributed by atoms with Gasteiger partial charge in [0.15, 0.2) is 0 Å². The van der Waals surface area contributed by atoms with E-state index in [-0.39, 0.29) is 0 Å². The molecule has 0 aliphatic heterocycles. The van der Waals surface area contributed by atoms with E-state index in [0.717, 1.165) is 11.3 Å². The molecule has 0 heterocycles. The highest BCUT2D eigenvalue weighted by molar-refractivity contribution is 5.96. The summed E-state index contributed by atoms with van der Waals surface area (Å²) in [5.41, 5.74) is 1.47. The summed E-state index contributed by atoms with van der Waals surface area (Å²) in [6.45, 7) is 1.76. The molecular weight excluding hydrogens is 140 g/mol. The van der Waals surface area contributed by atoms with Gasteiger partial charge < -0.3 is 10.1 Å². The molecule has 0 atom stereocenters. The van der Waals surface area contributed by atoms with Crippen molar-refractivity contribution in [2.45, 2.75) is 6.92 Å². The summed E-state index contributed by atoms with van der Waals surface area (Å²) in [5.74, 6) is 0.800. The summed E-state index contributed by atoms with van der Waals surface area (Å²) in [5, 5.41) is 7.35. The maximum Gasteiger partial charge on any atom is 0.119 e. The summed E-state index contributed by atoms with van der Waals surface area (Å²) in [4.78, 5) is 0. The molecule has 0 fully saturated rings. The Labute approximate surface area is 66.3 Å². The number of hydrogen-bond acceptors (Lipinski definition) is 2. The van der Waals surface area contributed by atoms with Crippen LogP contribution in [0.1, 0.15) is 12.5 Å². The molecule has 1 rings (SSSR count). The number of benzene rings is 1. The van der Waals surface area contributed by atoms with Crippen molar-refractivity contribution in [1.29, 1.82) is 5.41 Å². The van der Waals surface area contributed by atoms with Gasteiger partial charge in [0.1, 0.15) is 5.75 Å². The molecule has 0 bridgehead atoms. The number of nitrogens with one attached hydrogen (secondary N) is 1. The highest BCUT2D eigenvalue weighted by Gasteiger charge is 1.95. The van der Waals surface area contributed by atoms with E-state index in [1.165, 1.54) is 0 Å². The number of ether oxygens (including phenoxy) is 1. The van der Waals surface area contributed by atoms with Crippen LogP contribution in [0.25, 0.3) is 0 Å². The monoisotopic (exact) mass is 151 g/mol. The van der Waals surface area contributed by atoms with Crippen molar-refractivity contribution in [3.63, 3.8) is 0 Å². The van der Waals surface area contributed by atoms with Gasteiger partial charge in [-0.3, -0.25) is 0 Å². The Kier molecular flexibility index (Phi) is 2.26. The SMILES string of the molecule is COc1cccc([14C](C)=N)c1. The van der Waals surface area contributed by atoms with Gasteiger partial charge in [0.05, 0.1) is 7.11 Å². The van der Waals surface area contributed by atoms with E-state index in [2.05, 4.69) is 0 Å². The van der Waals surface area contributed by atoms with E-state index < -0.39 is 0 Å². The van der Waals surface area contributed by atoms with Crippen LogP contribution in [0.5, 0.6) is 5.75 Å². The summed E-state index contributed by atoms with van der Waals surface area (Å²) < 4.78 is 5.01. The Hall–Kier alpha value is -1.31. The molecular formula is C9H11NO. The van der Waals surface area contributed by atoms with Crippen LogP contribution in [0.15, 0.2) is 24.3 Å². The fourth-order valence-electron chi connectivity index (χ4n) is 0.856. The van der Waals surface area contributed by atoms with Gasteiger partial charge in [0.25, 0.3) is 0 Å². The molecule has 0 saturated carbocycles. The minimum atomic E-state index is 0.559. The first-order chi connectivity index (χ1) is 5.24. The highest BCUT2D eigenvalue weighted by atomic mass is 16.5. The van der Waals surface area contributed by atoms with Gasteiger partial charge in [-0.1, -0.05) is 12.1 Å². The topological polar surface area (TPSA) is 33.1 Å². The molecule has 1 aromatic carbocycles. The van der Waals surface area contributed by atoms with Crippen LogP contribution < -0.4 is 4.74 Å². The van der Waals surface area contributed by atoms with Crippen LogP contribution >= 0.6 is 0 Å². The minimum absolute atomic E-state index is 0.559. The molecule has 0 amide bonds. The van der Waals surface area contributed by atoms with E-state index >= 15 is 0 Å². The van der Waals surface area contributed by atoms with Crippen molar-refractivity contribution < 1.29 is 4.74 Å². The Morgan fingerprint density at radius 1 is 1.45 bits per heavy atom. The van der Waals surface area contributed by atoms with Gasteiger partial charge in [0.2, 0.25) is 0 Å². The van der Waals surface area contributed by atoms with Crippen LogP contribution in [0, 0.1) is 5.41 Å². The first kappa shape index (κ1) is 7.79. The highest BCUT2D eigenvalue weighted by Crippen LogP contribution is 2.12. The van der Waals surface area contributed by atoms with E-state index in [1.807, 2.05) is 24.3 Å². The molecule has 1 N–H and O–H groups in total. The van der Waals surface area contributed by atoms with Crippen molar-refractivity contribution in [3.8, 4) is 5.75 Å². The number of rotatable bonds is 2. The zero-order valence-electron chi connectivity index (χ0n) is 6.72. The minimum Gasteiger partial charge on any atom is -0.497 e. The first-order valence-corrected chi connectivity index (χ1v) is 3.43. The third kappa shape index (κ3) is 1.80. The molecule has 0 aliphatic rings. The lowest BCUT2D eigenvalue weighted by Crippen LogP contribution is -1.92. The predicted molar refractivity (Wildman–Crippen MR) is 45.5 cm³/mol. The molecule has 2 nitrogen and oxygen atoms in total. The van der Waals surface area contributed by atoms with Crippen molar-refractivity contribution in [3.05, 3.63) is 29.8 Å². The van der Waals surface area contributed by atoms with Crippen molar-refractivity contribution >= 4 is 5.71 Å². The molecule has 2 heteroatoms. The van der Waals surface area contributed by atoms with Crippen LogP contribution in [0.3, 0.4) is 0 Å². The van der Waals surface area contributed by atoms with Crippen LogP contribution in [-0.2, 0) is 0 Å². The zero-order valence-corrected chi connectivity index (χ0v) is 6.72. The number of methoxy groups -OCH3 is 1. The molecule has 0 unspecified atom stereocenters. The maximum absolute atomic E-state index is 7.35. The predicted octanol–water partition coefficient (Wildman–Crippen LogP) is 2.08. The molecule has 0 radical (unpaired) electrons. The molecule has 0 aliphatic carbocycles. The van der Waals surface area contributed by atoms with Gasteiger partial charge >= 0.3 is 0 Å². The van der Waals surface area contributed by atoms with E-state index in [1.54, 1.807) is 14.0 Å². The van der Waals surface area contributed by atoms with Gasteiger partial charge in [0, 0.05) is 5.71 Å². The molecule has 0 saturated heterocycles. The van der Waals surface area contributed by atoms with Crippen LogP contribution in [-0.4, -0.2) is 12.8 Å². The number of hydrogen-bond donors (Lipinski definition) is 1. The normalized spacial score (nSPS) is 9.27. The average Bonchev–Trinajstić information content (AvgIpc) is 2.05. The Morgan fingerprint density at radius 3 is 2.73 bits per heavy atom. The second-order valence-electron chi connectivity index (χ2n) is 2.36. The lowest BCUT2D eigenvalue weighted by molar-refractivity contribution is 0.414. The molecule has 11 heavy (non-hydrogen) atoms. The van der Waals surface area contributed by atoms with Crippen LogP contribution in [0.4, 0.5) is 0 Å². The summed E-state index contributed by atoms with van der Waals surface area (Å²) in [6.07, 6.45) is 0. The van der Waals surface area contributed by atoms with Gasteiger partial charge in [-0.15, -0.1) is 0 Å². The average molecular weight is 151 g/mol. The third-order valence-corrected chi connectivity index (χ3v) is 1.50. The second-order valence-corrected chi connectivity index (χ2v) is 2.36. The fourth-order valence-corrected chi connectivity index (χ4v) is 0.856. The van der Waals surface area contributed by atoms with Gasteiger partial charge in [-0.2, -0.15) is 0 Å². The molecule has 0 spiro atoms. The maximum atomic E-state index is 7.35. The Balaban J connectivity index is 3.01. The molecule has 58 valence electrons. The largest absolute Gasteiger partial charge is 0.497 e. The Morgan fingerprint density at radius 2 is 2.18 bits per heavy atom. The lowest BCUT2D eigenvalue weighted by Gasteiger charge is -2.01. The molecule has 1 aromatic rings. The molecule has 0 aromatic heterocycles. The van der Waals surface area contributed by atoms with E-state index in [0.29, 0.717) is 5.71 Å². The van der Waals surface area contributed by atoms with E-state index in [4.69, 9.17) is 10.1 Å². The lowest BCUT2D eigenvalue weighted by atomic mass is 10.3. The summed E-state index contributed by atoms with van der Waals surface area (Å²) in [7, 11) is 1.62. The summed E-state index contributed by atoms with van der Waals surface area (Å²) >= 11 is 0. The third-order valence-electron chi connectivity index (χ3n) is 1.50. The van der Waals surface area contributed by atoms with Crippen LogP contribution in [0.2, 0.25) is 0 Å². The standard InChI is InChI=1S/C9H11NO/c1-7(10)8-4-3-5-9(6-8)11-2/h3-6,10H,1-2H3/i7+2. The Bertz CT molecular complexity index is 268. The quantitative estimate of drug-likeness (QED) is 0.645. The smallest absolute Gasteiger partial charge is 0.119 e. The fraction of sp³-hybridized carbons (Fsp3) is 0.222. The first-order valence-electron chi connectivity index (χ1n) is 3.43. The van der Waals surface area contributed by atoms with Crippen molar-refractivity contribution in [2.24, 2.45) is 0 Å². The second kappa shape index (κ2) is 3.19.